The Balaban J connectivity index is 1.40. The molecular weight excluding hydrogens is 364 g/mol. The van der Waals surface area contributed by atoms with Gasteiger partial charge in [0.05, 0.1) is 4.90 Å². The van der Waals surface area contributed by atoms with E-state index in [2.05, 4.69) is 27.2 Å². The highest BCUT2D eigenvalue weighted by atomic mass is 32.2. The van der Waals surface area contributed by atoms with Gasteiger partial charge in [-0.3, -0.25) is 4.98 Å². The average molecular weight is 387 g/mol. The summed E-state index contributed by atoms with van der Waals surface area (Å²) >= 11 is 1.77. The number of unbranched alkanes of at least 4 members (excludes halogenated alkanes) is 1. The summed E-state index contributed by atoms with van der Waals surface area (Å²) in [5.74, 6) is 0. The number of aromatic nitrogens is 1. The van der Waals surface area contributed by atoms with Gasteiger partial charge in [0.25, 0.3) is 0 Å². The number of hydrogen-bond donors (Lipinski definition) is 1. The minimum atomic E-state index is -3.39. The van der Waals surface area contributed by atoms with Gasteiger partial charge in [-0.2, -0.15) is 0 Å². The van der Waals surface area contributed by atoms with E-state index in [1.165, 1.54) is 16.0 Å². The molecule has 136 valence electrons. The molecule has 4 nitrogen and oxygen atoms in total. The highest BCUT2D eigenvalue weighted by molar-refractivity contribution is 7.89. The summed E-state index contributed by atoms with van der Waals surface area (Å²) in [6.45, 7) is 0.462. The number of benzene rings is 1. The number of nitrogens with one attached hydrogen (secondary N) is 1. The molecule has 0 saturated carbocycles. The van der Waals surface area contributed by atoms with Gasteiger partial charge < -0.3 is 0 Å². The van der Waals surface area contributed by atoms with Crippen molar-refractivity contribution in [3.8, 4) is 0 Å². The molecule has 0 unspecified atom stereocenters. The van der Waals surface area contributed by atoms with Crippen molar-refractivity contribution in [2.45, 2.75) is 30.6 Å². The van der Waals surface area contributed by atoms with E-state index in [1.54, 1.807) is 41.8 Å². The van der Waals surface area contributed by atoms with Crippen LogP contribution in [0.15, 0.2) is 71.2 Å². The van der Waals surface area contributed by atoms with Gasteiger partial charge in [0.1, 0.15) is 0 Å². The molecule has 1 aromatic carbocycles. The van der Waals surface area contributed by atoms with E-state index in [4.69, 9.17) is 0 Å². The molecule has 0 saturated heterocycles. The topological polar surface area (TPSA) is 59.1 Å². The van der Waals surface area contributed by atoms with Crippen molar-refractivity contribution in [2.24, 2.45) is 0 Å². The number of rotatable bonds is 9. The number of nitrogens with zero attached hydrogens (tertiary/aromatic N) is 1. The van der Waals surface area contributed by atoms with Gasteiger partial charge in [0.15, 0.2) is 0 Å². The fourth-order valence-corrected chi connectivity index (χ4v) is 4.75. The second kappa shape index (κ2) is 9.07. The van der Waals surface area contributed by atoms with Crippen molar-refractivity contribution in [1.29, 1.82) is 0 Å². The molecule has 0 aliphatic rings. The second-order valence-electron chi connectivity index (χ2n) is 6.13. The van der Waals surface area contributed by atoms with Crippen LogP contribution in [0.1, 0.15) is 28.8 Å². The van der Waals surface area contributed by atoms with Crippen molar-refractivity contribution >= 4 is 21.4 Å². The Bertz CT molecular complexity index is 907. The van der Waals surface area contributed by atoms with E-state index in [9.17, 15) is 8.42 Å². The van der Waals surface area contributed by atoms with Crippen LogP contribution in [-0.4, -0.2) is 19.9 Å². The van der Waals surface area contributed by atoms with Crippen molar-refractivity contribution in [2.75, 3.05) is 6.54 Å². The number of aryl methyl sites for hydroxylation is 1. The van der Waals surface area contributed by atoms with E-state index in [0.29, 0.717) is 11.4 Å². The molecule has 0 aliphatic carbocycles. The number of pyridine rings is 1. The Morgan fingerprint density at radius 2 is 1.85 bits per heavy atom. The highest BCUT2D eigenvalue weighted by Crippen LogP contribution is 2.19. The van der Waals surface area contributed by atoms with Crippen LogP contribution in [-0.2, 0) is 22.9 Å². The van der Waals surface area contributed by atoms with Crippen LogP contribution in [0.5, 0.6) is 0 Å². The summed E-state index contributed by atoms with van der Waals surface area (Å²) in [7, 11) is -3.39. The summed E-state index contributed by atoms with van der Waals surface area (Å²) in [5, 5.41) is 2.19. The van der Waals surface area contributed by atoms with E-state index in [-0.39, 0.29) is 0 Å². The number of thiophene rings is 1. The van der Waals surface area contributed by atoms with Crippen LogP contribution in [0.3, 0.4) is 0 Å². The van der Waals surface area contributed by atoms with Gasteiger partial charge in [-0.15, -0.1) is 11.3 Å². The zero-order valence-electron chi connectivity index (χ0n) is 14.5. The molecule has 3 aromatic rings. The maximum Gasteiger partial charge on any atom is 0.240 e. The molecule has 0 atom stereocenters. The van der Waals surface area contributed by atoms with Gasteiger partial charge in [0, 0.05) is 30.2 Å². The molecule has 3 rings (SSSR count). The molecule has 26 heavy (non-hydrogen) atoms. The Labute approximate surface area is 159 Å². The molecule has 1 N–H and O–H groups in total. The Kier molecular flexibility index (Phi) is 6.55. The highest BCUT2D eigenvalue weighted by Gasteiger charge is 2.11. The third-order valence-corrected chi connectivity index (χ3v) is 6.51. The smallest absolute Gasteiger partial charge is 0.240 e. The third kappa shape index (κ3) is 5.49. The SMILES string of the molecule is O=S(=O)(NCCCCc1csc(Cc2cccnc2)c1)c1ccccc1. The molecule has 6 heteroatoms. The molecule has 0 bridgehead atoms. The first-order chi connectivity index (χ1) is 12.6. The maximum atomic E-state index is 12.1. The molecule has 2 aromatic heterocycles. The van der Waals surface area contributed by atoms with Crippen LogP contribution in [0, 0.1) is 0 Å². The third-order valence-electron chi connectivity index (χ3n) is 4.05. The fourth-order valence-electron chi connectivity index (χ4n) is 2.70. The predicted octanol–water partition coefficient (Wildman–Crippen LogP) is 4.04. The first-order valence-corrected chi connectivity index (χ1v) is 11.0. The van der Waals surface area contributed by atoms with Crippen molar-refractivity contribution in [3.05, 3.63) is 82.3 Å². The molecular formula is C20H22N2O2S2. The number of hydrogen-bond acceptors (Lipinski definition) is 4. The van der Waals surface area contributed by atoms with Gasteiger partial charge in [0.2, 0.25) is 10.0 Å². The Morgan fingerprint density at radius 3 is 2.62 bits per heavy atom. The molecule has 2 heterocycles. The minimum absolute atomic E-state index is 0.317. The maximum absolute atomic E-state index is 12.1. The lowest BCUT2D eigenvalue weighted by atomic mass is 10.1. The largest absolute Gasteiger partial charge is 0.264 e. The summed E-state index contributed by atoms with van der Waals surface area (Å²) in [6.07, 6.45) is 7.35. The predicted molar refractivity (Wildman–Crippen MR) is 106 cm³/mol. The number of sulfonamides is 1. The van der Waals surface area contributed by atoms with E-state index >= 15 is 0 Å². The Morgan fingerprint density at radius 1 is 1.00 bits per heavy atom. The molecule has 0 amide bonds. The average Bonchev–Trinajstić information content (AvgIpc) is 3.10. The van der Waals surface area contributed by atoms with Crippen LogP contribution in [0.4, 0.5) is 0 Å². The zero-order chi connectivity index (χ0) is 18.2. The monoisotopic (exact) mass is 386 g/mol. The summed E-state index contributed by atoms with van der Waals surface area (Å²) < 4.78 is 26.9. The summed E-state index contributed by atoms with van der Waals surface area (Å²) in [6, 6.07) is 14.8. The second-order valence-corrected chi connectivity index (χ2v) is 8.89. The normalized spacial score (nSPS) is 11.5. The summed E-state index contributed by atoms with van der Waals surface area (Å²) in [5.41, 5.74) is 2.54. The van der Waals surface area contributed by atoms with Gasteiger partial charge in [-0.1, -0.05) is 24.3 Å². The van der Waals surface area contributed by atoms with Crippen molar-refractivity contribution < 1.29 is 8.42 Å². The van der Waals surface area contributed by atoms with E-state index in [1.807, 2.05) is 18.3 Å². The zero-order valence-corrected chi connectivity index (χ0v) is 16.1. The standard InChI is InChI=1S/C20H22N2O2S2/c23-26(24,20-9-2-1-3-10-20)22-12-5-4-7-18-14-19(25-16-18)13-17-8-6-11-21-15-17/h1-3,6,8-11,14-16,22H,4-5,7,12-13H2. The van der Waals surface area contributed by atoms with Crippen LogP contribution >= 0.6 is 11.3 Å². The molecule has 0 fully saturated rings. The van der Waals surface area contributed by atoms with Crippen molar-refractivity contribution in [1.82, 2.24) is 9.71 Å². The van der Waals surface area contributed by atoms with Gasteiger partial charge in [-0.25, -0.2) is 13.1 Å². The lowest BCUT2D eigenvalue weighted by molar-refractivity contribution is 0.576. The lowest BCUT2D eigenvalue weighted by Gasteiger charge is -2.06. The van der Waals surface area contributed by atoms with Crippen LogP contribution in [0.25, 0.3) is 0 Å². The van der Waals surface area contributed by atoms with Crippen LogP contribution in [0.2, 0.25) is 0 Å². The lowest BCUT2D eigenvalue weighted by Crippen LogP contribution is -2.24. The first kappa shape index (κ1) is 18.8. The molecule has 0 radical (unpaired) electrons. The van der Waals surface area contributed by atoms with E-state index < -0.39 is 10.0 Å². The molecule has 0 aliphatic heterocycles. The summed E-state index contributed by atoms with van der Waals surface area (Å²) in [4.78, 5) is 5.80. The fraction of sp³-hybridized carbons (Fsp3) is 0.250. The van der Waals surface area contributed by atoms with E-state index in [0.717, 1.165) is 25.7 Å². The quantitative estimate of drug-likeness (QED) is 0.565. The first-order valence-electron chi connectivity index (χ1n) is 8.63. The van der Waals surface area contributed by atoms with Crippen molar-refractivity contribution in [3.63, 3.8) is 0 Å². The molecule has 0 spiro atoms. The Hall–Kier alpha value is -2.02. The van der Waals surface area contributed by atoms with Gasteiger partial charge in [-0.05, 0) is 60.0 Å². The minimum Gasteiger partial charge on any atom is -0.264 e. The van der Waals surface area contributed by atoms with Gasteiger partial charge >= 0.3 is 0 Å². The van der Waals surface area contributed by atoms with Crippen LogP contribution < -0.4 is 4.72 Å².